The largest absolute Gasteiger partial charge is 0.422 e. The molecule has 0 atom stereocenters. The van der Waals surface area contributed by atoms with E-state index < -0.39 is 5.97 Å². The van der Waals surface area contributed by atoms with Gasteiger partial charge in [0.1, 0.15) is 5.75 Å². The van der Waals surface area contributed by atoms with Crippen LogP contribution in [0.15, 0.2) is 30.5 Å². The smallest absolute Gasteiger partial charge is 0.363 e. The molecule has 0 spiro atoms. The van der Waals surface area contributed by atoms with Crippen LogP contribution in [-0.2, 0) is 0 Å². The summed E-state index contributed by atoms with van der Waals surface area (Å²) in [6.45, 7) is 0. The Labute approximate surface area is 129 Å². The molecule has 1 aromatic carbocycles. The van der Waals surface area contributed by atoms with Crippen LogP contribution in [0.1, 0.15) is 16.1 Å². The molecule has 0 bridgehead atoms. The summed E-state index contributed by atoms with van der Waals surface area (Å²) in [5.74, 6) is -0.504. The molecule has 0 saturated carbocycles. The Kier molecular flexibility index (Phi) is 4.46. The van der Waals surface area contributed by atoms with Crippen LogP contribution in [0, 0.1) is 11.3 Å². The van der Waals surface area contributed by atoms with Crippen molar-refractivity contribution in [2.45, 2.75) is 0 Å². The summed E-state index contributed by atoms with van der Waals surface area (Å²) in [4.78, 5) is 15.7. The first kappa shape index (κ1) is 14.6. The Morgan fingerprint density at radius 2 is 1.80 bits per heavy atom. The average molecular weight is 328 g/mol. The van der Waals surface area contributed by atoms with Crippen molar-refractivity contribution < 1.29 is 9.53 Å². The molecule has 0 fully saturated rings. The fourth-order valence-corrected chi connectivity index (χ4v) is 1.90. The average Bonchev–Trinajstić information content (AvgIpc) is 2.45. The number of rotatable bonds is 2. The Morgan fingerprint density at radius 1 is 1.15 bits per heavy atom. The number of carbonyl (C=O) groups excluding carboxylic acids is 1. The van der Waals surface area contributed by atoms with Gasteiger partial charge in [-0.3, -0.25) is 0 Å². The van der Waals surface area contributed by atoms with Gasteiger partial charge in [0.2, 0.25) is 0 Å². The van der Waals surface area contributed by atoms with E-state index in [1.54, 1.807) is 0 Å². The second-order valence-electron chi connectivity index (χ2n) is 3.61. The van der Waals surface area contributed by atoms with Crippen molar-refractivity contribution in [1.29, 1.82) is 5.26 Å². The molecule has 0 aliphatic rings. The Morgan fingerprint density at radius 3 is 2.40 bits per heavy atom. The van der Waals surface area contributed by atoms with Crippen molar-refractivity contribution in [2.24, 2.45) is 0 Å². The highest BCUT2D eigenvalue weighted by atomic mass is 35.5. The van der Waals surface area contributed by atoms with Crippen LogP contribution in [-0.4, -0.2) is 11.0 Å². The third kappa shape index (κ3) is 3.02. The van der Waals surface area contributed by atoms with E-state index in [0.29, 0.717) is 5.56 Å². The second kappa shape index (κ2) is 6.10. The molecule has 0 amide bonds. The normalized spacial score (nSPS) is 9.90. The van der Waals surface area contributed by atoms with Crippen molar-refractivity contribution in [3.05, 3.63) is 56.8 Å². The number of aromatic nitrogens is 1. The number of pyridine rings is 1. The summed E-state index contributed by atoms with van der Waals surface area (Å²) in [5, 5.41) is 8.78. The van der Waals surface area contributed by atoms with Gasteiger partial charge in [0.05, 0.1) is 26.7 Å². The number of esters is 1. The molecule has 0 saturated heterocycles. The van der Waals surface area contributed by atoms with Gasteiger partial charge in [-0.1, -0.05) is 34.8 Å². The van der Waals surface area contributed by atoms with Crippen molar-refractivity contribution in [3.63, 3.8) is 0 Å². The molecule has 1 heterocycles. The van der Waals surface area contributed by atoms with Crippen LogP contribution in [0.5, 0.6) is 5.75 Å². The molecule has 4 nitrogen and oxygen atoms in total. The van der Waals surface area contributed by atoms with Gasteiger partial charge < -0.3 is 4.74 Å². The zero-order valence-corrected chi connectivity index (χ0v) is 12.0. The highest BCUT2D eigenvalue weighted by Crippen LogP contribution is 2.31. The third-order valence-electron chi connectivity index (χ3n) is 2.30. The summed E-state index contributed by atoms with van der Waals surface area (Å²) >= 11 is 17.4. The van der Waals surface area contributed by atoms with E-state index in [2.05, 4.69) is 4.98 Å². The lowest BCUT2D eigenvalue weighted by atomic mass is 10.2. The van der Waals surface area contributed by atoms with Crippen molar-refractivity contribution in [2.75, 3.05) is 0 Å². The van der Waals surface area contributed by atoms with Crippen LogP contribution in [0.2, 0.25) is 15.1 Å². The molecule has 0 radical (unpaired) electrons. The van der Waals surface area contributed by atoms with Crippen molar-refractivity contribution in [1.82, 2.24) is 4.98 Å². The molecule has 0 N–H and O–H groups in total. The van der Waals surface area contributed by atoms with E-state index >= 15 is 0 Å². The number of ether oxygens (including phenoxy) is 1. The number of nitriles is 1. The van der Waals surface area contributed by atoms with Crippen molar-refractivity contribution >= 4 is 40.8 Å². The van der Waals surface area contributed by atoms with E-state index in [1.165, 1.54) is 30.5 Å². The number of nitrogens with zero attached hydrogens (tertiary/aromatic N) is 2. The predicted molar refractivity (Wildman–Crippen MR) is 75.4 cm³/mol. The molecule has 0 unspecified atom stereocenters. The lowest BCUT2D eigenvalue weighted by molar-refractivity contribution is 0.0729. The number of hydrogen-bond acceptors (Lipinski definition) is 4. The highest BCUT2D eigenvalue weighted by Gasteiger charge is 2.19. The molecule has 2 aromatic rings. The third-order valence-corrected chi connectivity index (χ3v) is 3.55. The topological polar surface area (TPSA) is 63.0 Å². The summed E-state index contributed by atoms with van der Waals surface area (Å²) in [5.41, 5.74) is 0.320. The maximum atomic E-state index is 11.9. The minimum Gasteiger partial charge on any atom is -0.422 e. The van der Waals surface area contributed by atoms with Crippen LogP contribution >= 0.6 is 34.8 Å². The van der Waals surface area contributed by atoms with Gasteiger partial charge >= 0.3 is 5.97 Å². The summed E-state index contributed by atoms with van der Waals surface area (Å²) in [7, 11) is 0. The lowest BCUT2D eigenvalue weighted by Crippen LogP contribution is -2.11. The predicted octanol–water partition coefficient (Wildman–Crippen LogP) is 4.13. The first-order valence-corrected chi connectivity index (χ1v) is 6.38. The molecule has 0 aliphatic carbocycles. The summed E-state index contributed by atoms with van der Waals surface area (Å²) in [6, 6.07) is 7.97. The summed E-state index contributed by atoms with van der Waals surface area (Å²) < 4.78 is 5.08. The van der Waals surface area contributed by atoms with Crippen LogP contribution < -0.4 is 4.74 Å². The first-order chi connectivity index (χ1) is 9.52. The number of hydrogen-bond donors (Lipinski definition) is 0. The van der Waals surface area contributed by atoms with Gasteiger partial charge in [-0.05, 0) is 24.3 Å². The van der Waals surface area contributed by atoms with Crippen LogP contribution in [0.4, 0.5) is 0 Å². The molecule has 2 rings (SSSR count). The number of benzene rings is 1. The van der Waals surface area contributed by atoms with E-state index in [-0.39, 0.29) is 26.5 Å². The Bertz CT molecular complexity index is 709. The van der Waals surface area contributed by atoms with Crippen LogP contribution in [0.3, 0.4) is 0 Å². The Hall–Kier alpha value is -1.80. The quantitative estimate of drug-likeness (QED) is 0.614. The molecule has 0 aliphatic heterocycles. The molecular weight excluding hydrogens is 323 g/mol. The maximum Gasteiger partial charge on any atom is 0.363 e. The zero-order valence-electron chi connectivity index (χ0n) is 9.73. The molecular formula is C13H5Cl3N2O2. The van der Waals surface area contributed by atoms with E-state index in [0.717, 1.165) is 0 Å². The standard InChI is InChI=1S/C13H5Cl3N2O2/c14-9-6-18-12(11(16)10(9)15)13(19)20-8-3-1-7(5-17)2-4-8/h1-4,6H. The second-order valence-corrected chi connectivity index (χ2v) is 4.77. The fraction of sp³-hybridized carbons (Fsp3) is 0. The van der Waals surface area contributed by atoms with Gasteiger partial charge in [-0.15, -0.1) is 0 Å². The lowest BCUT2D eigenvalue weighted by Gasteiger charge is -2.06. The number of halogens is 3. The highest BCUT2D eigenvalue weighted by molar-refractivity contribution is 6.48. The van der Waals surface area contributed by atoms with E-state index in [4.69, 9.17) is 44.8 Å². The summed E-state index contributed by atoms with van der Waals surface area (Å²) in [6.07, 6.45) is 1.21. The SMILES string of the molecule is N#Cc1ccc(OC(=O)c2ncc(Cl)c(Cl)c2Cl)cc1. The number of carbonyl (C=O) groups is 1. The molecule has 100 valence electrons. The minimum absolute atomic E-state index is 0.0371. The zero-order chi connectivity index (χ0) is 14.7. The van der Waals surface area contributed by atoms with Crippen LogP contribution in [0.25, 0.3) is 0 Å². The van der Waals surface area contributed by atoms with Gasteiger partial charge in [0, 0.05) is 6.20 Å². The van der Waals surface area contributed by atoms with Gasteiger partial charge in [0.25, 0.3) is 0 Å². The first-order valence-electron chi connectivity index (χ1n) is 5.24. The molecule has 7 heteroatoms. The monoisotopic (exact) mass is 326 g/mol. The van der Waals surface area contributed by atoms with Gasteiger partial charge in [-0.25, -0.2) is 9.78 Å². The maximum absolute atomic E-state index is 11.9. The fourth-order valence-electron chi connectivity index (χ4n) is 1.34. The van der Waals surface area contributed by atoms with E-state index in [9.17, 15) is 4.79 Å². The molecule has 20 heavy (non-hydrogen) atoms. The van der Waals surface area contributed by atoms with Crippen molar-refractivity contribution in [3.8, 4) is 11.8 Å². The van der Waals surface area contributed by atoms with Gasteiger partial charge in [0.15, 0.2) is 5.69 Å². The molecule has 1 aromatic heterocycles. The minimum atomic E-state index is -0.765. The Balaban J connectivity index is 2.24. The van der Waals surface area contributed by atoms with E-state index in [1.807, 2.05) is 6.07 Å². The van der Waals surface area contributed by atoms with Gasteiger partial charge in [-0.2, -0.15) is 5.26 Å².